The van der Waals surface area contributed by atoms with Crippen molar-refractivity contribution in [3.63, 3.8) is 0 Å². The summed E-state index contributed by atoms with van der Waals surface area (Å²) in [7, 11) is 0. The van der Waals surface area contributed by atoms with Gasteiger partial charge in [-0.3, -0.25) is 4.79 Å². The van der Waals surface area contributed by atoms with Crippen LogP contribution in [0.2, 0.25) is 0 Å². The lowest BCUT2D eigenvalue weighted by Gasteiger charge is -2.34. The summed E-state index contributed by atoms with van der Waals surface area (Å²) in [5.41, 5.74) is 7.73. The van der Waals surface area contributed by atoms with Crippen molar-refractivity contribution in [2.24, 2.45) is 11.7 Å². The maximum Gasteiger partial charge on any atom is 0.240 e. The smallest absolute Gasteiger partial charge is 0.240 e. The summed E-state index contributed by atoms with van der Waals surface area (Å²) in [5, 5.41) is 10.5. The Balaban J connectivity index is 1.64. The van der Waals surface area contributed by atoms with Crippen molar-refractivity contribution in [3.05, 3.63) is 29.8 Å². The third kappa shape index (κ3) is 3.67. The molecular formula is C18H27N3O2. The van der Waals surface area contributed by atoms with Gasteiger partial charge in [0.05, 0.1) is 6.10 Å². The fourth-order valence-corrected chi connectivity index (χ4v) is 3.76. The summed E-state index contributed by atoms with van der Waals surface area (Å²) in [6.45, 7) is 5.50. The zero-order chi connectivity index (χ0) is 16.4. The number of fused-ring (bicyclic) bond motifs is 1. The van der Waals surface area contributed by atoms with Crippen molar-refractivity contribution in [2.45, 2.75) is 38.3 Å². The predicted octanol–water partition coefficient (Wildman–Crippen LogP) is 0.996. The van der Waals surface area contributed by atoms with Gasteiger partial charge in [-0.2, -0.15) is 0 Å². The number of hydrogen-bond donors (Lipinski definition) is 2. The van der Waals surface area contributed by atoms with E-state index in [1.807, 2.05) is 29.2 Å². The summed E-state index contributed by atoms with van der Waals surface area (Å²) >= 11 is 0. The molecule has 23 heavy (non-hydrogen) atoms. The van der Waals surface area contributed by atoms with E-state index in [-0.39, 0.29) is 11.9 Å². The molecule has 1 aromatic rings. The zero-order valence-corrected chi connectivity index (χ0v) is 13.8. The summed E-state index contributed by atoms with van der Waals surface area (Å²) in [6, 6.07) is 7.64. The number of amides is 1. The second-order valence-electron chi connectivity index (χ2n) is 7.04. The monoisotopic (exact) mass is 317 g/mol. The first-order chi connectivity index (χ1) is 11.0. The Labute approximate surface area is 138 Å². The van der Waals surface area contributed by atoms with Crippen LogP contribution >= 0.6 is 0 Å². The minimum atomic E-state index is -0.476. The van der Waals surface area contributed by atoms with Crippen LogP contribution in [0, 0.1) is 5.92 Å². The molecule has 0 bridgehead atoms. The van der Waals surface area contributed by atoms with E-state index in [1.165, 1.54) is 12.8 Å². The van der Waals surface area contributed by atoms with Crippen molar-refractivity contribution in [1.29, 1.82) is 0 Å². The number of benzene rings is 1. The summed E-state index contributed by atoms with van der Waals surface area (Å²) in [5.74, 6) is 0.466. The number of primary amides is 1. The van der Waals surface area contributed by atoms with Crippen molar-refractivity contribution in [1.82, 2.24) is 4.90 Å². The number of aliphatic hydroxyl groups is 1. The van der Waals surface area contributed by atoms with Crippen molar-refractivity contribution < 1.29 is 9.90 Å². The second kappa shape index (κ2) is 6.89. The Hall–Kier alpha value is -1.59. The van der Waals surface area contributed by atoms with Gasteiger partial charge in [-0.25, -0.2) is 0 Å². The number of rotatable bonds is 5. The predicted molar refractivity (Wildman–Crippen MR) is 91.3 cm³/mol. The van der Waals surface area contributed by atoms with Gasteiger partial charge < -0.3 is 20.6 Å². The molecule has 5 heteroatoms. The van der Waals surface area contributed by atoms with E-state index in [9.17, 15) is 9.90 Å². The van der Waals surface area contributed by atoms with Gasteiger partial charge >= 0.3 is 0 Å². The van der Waals surface area contributed by atoms with Gasteiger partial charge in [0.2, 0.25) is 5.91 Å². The van der Waals surface area contributed by atoms with Crippen LogP contribution in [-0.4, -0.2) is 54.2 Å². The number of carbonyl (C=O) groups is 1. The molecule has 0 radical (unpaired) electrons. The molecule has 2 atom stereocenters. The van der Waals surface area contributed by atoms with Gasteiger partial charge in [-0.15, -0.1) is 0 Å². The Bertz CT molecular complexity index is 555. The number of nitrogens with zero attached hydrogens (tertiary/aromatic N) is 2. The minimum absolute atomic E-state index is 0.319. The largest absolute Gasteiger partial charge is 0.390 e. The number of β-amino-alcohol motifs (C(OH)–C–C–N with tert-alkyl or cyclic N) is 1. The number of hydrogen-bond acceptors (Lipinski definition) is 4. The maximum atomic E-state index is 11.8. The van der Waals surface area contributed by atoms with E-state index in [1.54, 1.807) is 0 Å². The highest BCUT2D eigenvalue weighted by Crippen LogP contribution is 2.32. The first kappa shape index (κ1) is 16.3. The van der Waals surface area contributed by atoms with E-state index in [4.69, 9.17) is 5.73 Å². The molecule has 5 nitrogen and oxygen atoms in total. The van der Waals surface area contributed by atoms with Gasteiger partial charge in [0, 0.05) is 25.2 Å². The molecule has 0 spiro atoms. The van der Waals surface area contributed by atoms with Crippen molar-refractivity contribution in [3.8, 4) is 0 Å². The minimum Gasteiger partial charge on any atom is -0.390 e. The van der Waals surface area contributed by atoms with E-state index < -0.39 is 6.10 Å². The number of carbonyl (C=O) groups excluding carboxylic acids is 1. The lowest BCUT2D eigenvalue weighted by atomic mass is 9.99. The normalized spacial score (nSPS) is 23.7. The molecule has 2 aliphatic rings. The van der Waals surface area contributed by atoms with E-state index in [2.05, 4.69) is 11.8 Å². The molecule has 0 aromatic heterocycles. The average molecular weight is 317 g/mol. The molecule has 1 unspecified atom stereocenters. The van der Waals surface area contributed by atoms with Gasteiger partial charge in [-0.1, -0.05) is 25.1 Å². The Morgan fingerprint density at radius 3 is 2.70 bits per heavy atom. The maximum absolute atomic E-state index is 11.8. The molecule has 0 saturated carbocycles. The SMILES string of the molecule is CC1CCN(CC(O)CN2c3ccccc3C[C@H]2C(N)=O)CC1. The van der Waals surface area contributed by atoms with Crippen LogP contribution in [0.5, 0.6) is 0 Å². The molecule has 1 amide bonds. The quantitative estimate of drug-likeness (QED) is 0.850. The molecule has 3 rings (SSSR count). The summed E-state index contributed by atoms with van der Waals surface area (Å²) in [4.78, 5) is 16.1. The summed E-state index contributed by atoms with van der Waals surface area (Å²) < 4.78 is 0. The number of para-hydroxylation sites is 1. The number of anilines is 1. The highest BCUT2D eigenvalue weighted by atomic mass is 16.3. The highest BCUT2D eigenvalue weighted by Gasteiger charge is 2.34. The van der Waals surface area contributed by atoms with E-state index >= 15 is 0 Å². The third-order valence-electron chi connectivity index (χ3n) is 5.17. The summed E-state index contributed by atoms with van der Waals surface area (Å²) in [6.07, 6.45) is 2.56. The molecule has 3 N–H and O–H groups in total. The van der Waals surface area contributed by atoms with Crippen LogP contribution in [0.1, 0.15) is 25.3 Å². The van der Waals surface area contributed by atoms with Crippen molar-refractivity contribution in [2.75, 3.05) is 31.1 Å². The van der Waals surface area contributed by atoms with E-state index in [0.29, 0.717) is 19.5 Å². The van der Waals surface area contributed by atoms with Gasteiger partial charge in [-0.05, 0) is 43.5 Å². The fourth-order valence-electron chi connectivity index (χ4n) is 3.76. The second-order valence-corrected chi connectivity index (χ2v) is 7.04. The number of aliphatic hydroxyl groups excluding tert-OH is 1. The van der Waals surface area contributed by atoms with Crippen LogP contribution in [0.3, 0.4) is 0 Å². The Morgan fingerprint density at radius 1 is 1.30 bits per heavy atom. The number of nitrogens with two attached hydrogens (primary N) is 1. The first-order valence-electron chi connectivity index (χ1n) is 8.59. The van der Waals surface area contributed by atoms with E-state index in [0.717, 1.165) is 30.3 Å². The molecular weight excluding hydrogens is 290 g/mol. The molecule has 2 aliphatic heterocycles. The molecule has 1 fully saturated rings. The van der Waals surface area contributed by atoms with Gasteiger partial charge in [0.1, 0.15) is 6.04 Å². The zero-order valence-electron chi connectivity index (χ0n) is 13.8. The number of likely N-dealkylation sites (tertiary alicyclic amines) is 1. The van der Waals surface area contributed by atoms with Crippen LogP contribution in [0.15, 0.2) is 24.3 Å². The lowest BCUT2D eigenvalue weighted by molar-refractivity contribution is -0.119. The standard InChI is InChI=1S/C18H27N3O2/c1-13-6-8-20(9-7-13)11-15(22)12-21-16-5-3-2-4-14(16)10-17(21)18(19)23/h2-5,13,15,17,22H,6-12H2,1H3,(H2,19,23)/t15?,17-/m0/s1. The Morgan fingerprint density at radius 2 is 2.00 bits per heavy atom. The first-order valence-corrected chi connectivity index (χ1v) is 8.59. The topological polar surface area (TPSA) is 69.8 Å². The van der Waals surface area contributed by atoms with Crippen LogP contribution in [0.25, 0.3) is 0 Å². The Kier molecular flexibility index (Phi) is 4.87. The highest BCUT2D eigenvalue weighted by molar-refractivity contribution is 5.86. The van der Waals surface area contributed by atoms with Crippen LogP contribution in [-0.2, 0) is 11.2 Å². The average Bonchev–Trinajstić information content (AvgIpc) is 2.89. The lowest BCUT2D eigenvalue weighted by Crippen LogP contribution is -2.48. The molecule has 126 valence electrons. The molecule has 1 saturated heterocycles. The molecule has 0 aliphatic carbocycles. The van der Waals surface area contributed by atoms with Gasteiger partial charge in [0.25, 0.3) is 0 Å². The van der Waals surface area contributed by atoms with Crippen LogP contribution in [0.4, 0.5) is 5.69 Å². The molecule has 1 aromatic carbocycles. The third-order valence-corrected chi connectivity index (χ3v) is 5.17. The van der Waals surface area contributed by atoms with Gasteiger partial charge in [0.15, 0.2) is 0 Å². The van der Waals surface area contributed by atoms with Crippen molar-refractivity contribution >= 4 is 11.6 Å². The molecule has 2 heterocycles. The fraction of sp³-hybridized carbons (Fsp3) is 0.611. The number of piperidine rings is 1. The van der Waals surface area contributed by atoms with Crippen LogP contribution < -0.4 is 10.6 Å².